The summed E-state index contributed by atoms with van der Waals surface area (Å²) in [5, 5.41) is 7.29. The van der Waals surface area contributed by atoms with Crippen molar-refractivity contribution >= 4 is 70.9 Å². The minimum absolute atomic E-state index is 1.17. The SMILES string of the molecule is CCCCCCCCCCCCCCCCCCN1CCC[N+]2=C1NCCC2.CCCCCCCCCCCCCCCCCCN1CCC[N+]2=C1NCCC2.O=S(=O)([C-](S(=O)(=O)C(F)(F)F)S(=O)(=O)C(F)(F)F)C(F)(F)F.O=S(=O)([C-](S(=O)(=O)C(F)(F)F)S(=O)(=O)C(F)(F)F)C(F)(F)F. The topological polar surface area (TPSA) is 241 Å². The summed E-state index contributed by atoms with van der Waals surface area (Å²) in [4.78, 5) is 5.24. The molecule has 42 heteroatoms. The molecular formula is C58H100F18N6O12S6. The molecule has 4 heterocycles. The van der Waals surface area contributed by atoms with Gasteiger partial charge in [-0.1, -0.05) is 206 Å². The largest absolute Gasteiger partial charge is 0.470 e. The summed E-state index contributed by atoms with van der Waals surface area (Å²) >= 11 is 0. The molecule has 0 radical (unpaired) electrons. The highest BCUT2D eigenvalue weighted by Crippen LogP contribution is 2.49. The molecule has 0 unspecified atom stereocenters. The maximum absolute atomic E-state index is 12.0. The summed E-state index contributed by atoms with van der Waals surface area (Å²) in [6.07, 6.45) is 51.8. The van der Waals surface area contributed by atoms with Crippen LogP contribution >= 0.6 is 0 Å². The number of unbranched alkanes of at least 4 members (excludes halogenated alkanes) is 30. The average Bonchev–Trinajstić information content (AvgIpc) is 0.727. The van der Waals surface area contributed by atoms with E-state index >= 15 is 0 Å². The Kier molecular flexibility index (Phi) is 41.4. The Morgan fingerprint density at radius 3 is 0.640 bits per heavy atom. The van der Waals surface area contributed by atoms with Gasteiger partial charge in [-0.15, -0.1) is 0 Å². The van der Waals surface area contributed by atoms with Crippen molar-refractivity contribution in [2.75, 3.05) is 65.4 Å². The normalized spacial score (nSPS) is 16.6. The van der Waals surface area contributed by atoms with E-state index in [-0.39, 0.29) is 0 Å². The zero-order valence-electron chi connectivity index (χ0n) is 56.5. The van der Waals surface area contributed by atoms with Crippen LogP contribution in [-0.2, 0) is 59.0 Å². The number of sulfone groups is 6. The predicted octanol–water partition coefficient (Wildman–Crippen LogP) is 15.1. The average molecular weight is 1610 g/mol. The molecule has 4 aliphatic rings. The molecule has 0 saturated heterocycles. The number of alkyl halides is 18. The fourth-order valence-electron chi connectivity index (χ4n) is 11.1. The quantitative estimate of drug-likeness (QED) is 0.0251. The Hall–Kier alpha value is -3.02. The first-order chi connectivity index (χ1) is 46.1. The molecule has 18 nitrogen and oxygen atoms in total. The van der Waals surface area contributed by atoms with E-state index in [0.717, 1.165) is 0 Å². The third-order valence-electron chi connectivity index (χ3n) is 16.4. The molecule has 4 rings (SSSR count). The van der Waals surface area contributed by atoms with Gasteiger partial charge in [-0.25, -0.2) is 0 Å². The highest BCUT2D eigenvalue weighted by molar-refractivity contribution is 8.30. The Balaban J connectivity index is 0.000000672. The molecule has 0 amide bonds. The van der Waals surface area contributed by atoms with Crippen LogP contribution in [0.1, 0.15) is 245 Å². The smallest absolute Gasteiger partial charge is 0.278 e. The lowest BCUT2D eigenvalue weighted by molar-refractivity contribution is -0.544. The molecular weight excluding hydrogens is 1510 g/mol. The number of hydrogen-bond donors (Lipinski definition) is 2. The predicted molar refractivity (Wildman–Crippen MR) is 343 cm³/mol. The summed E-state index contributed by atoms with van der Waals surface area (Å²) in [7, 11) is -48.1. The van der Waals surface area contributed by atoms with E-state index in [1.807, 2.05) is 0 Å². The minimum Gasteiger partial charge on any atom is -0.278 e. The standard InChI is InChI=1S/2C25H49N3.2C4F9O6S3/c2*1-2-3-4-5-6-7-8-9-10-11-12-13-14-15-16-17-21-27-23-19-24-28-22-18-20-26-25(27)28;2*5-2(6,7)20(14,15)1(21(16,17)3(8,9)10)22(18,19)4(11,12)13/h2*2-24H2,1H3;;/q;;2*-1/p+2. The van der Waals surface area contributed by atoms with Crippen molar-refractivity contribution < 1.29 is 139 Å². The summed E-state index contributed by atoms with van der Waals surface area (Å²) in [5.41, 5.74) is -42.3. The van der Waals surface area contributed by atoms with Gasteiger partial charge in [0.05, 0.1) is 73.3 Å². The van der Waals surface area contributed by atoms with E-state index in [1.54, 1.807) is 0 Å². The van der Waals surface area contributed by atoms with Gasteiger partial charge in [-0.05, 0) is 12.8 Å². The number of guanidine groups is 2. The highest BCUT2D eigenvalue weighted by Gasteiger charge is 2.65. The molecule has 0 saturated carbocycles. The van der Waals surface area contributed by atoms with Crippen LogP contribution in [0.3, 0.4) is 0 Å². The number of nitrogens with zero attached hydrogens (tertiary/aromatic N) is 4. The zero-order valence-corrected chi connectivity index (χ0v) is 61.4. The van der Waals surface area contributed by atoms with Crippen molar-refractivity contribution in [3.8, 4) is 0 Å². The van der Waals surface area contributed by atoms with Crippen LogP contribution in [0, 0.1) is 7.83 Å². The van der Waals surface area contributed by atoms with E-state index in [9.17, 15) is 130 Å². The van der Waals surface area contributed by atoms with E-state index in [0.29, 0.717) is 0 Å². The monoisotopic (exact) mass is 1610 g/mol. The molecule has 0 aromatic heterocycles. The third kappa shape index (κ3) is 30.8. The van der Waals surface area contributed by atoms with E-state index in [1.165, 1.54) is 309 Å². The number of nitrogens with one attached hydrogen (secondary N) is 2. The maximum atomic E-state index is 12.0. The van der Waals surface area contributed by atoms with Crippen LogP contribution < -0.4 is 10.6 Å². The van der Waals surface area contributed by atoms with Crippen LogP contribution in [0.2, 0.25) is 0 Å². The minimum atomic E-state index is -8.02. The summed E-state index contributed by atoms with van der Waals surface area (Å²) in [6, 6.07) is 0. The second kappa shape index (κ2) is 43.6. The Bertz CT molecular complexity index is 2720. The summed E-state index contributed by atoms with van der Waals surface area (Å²) in [6.45, 7) is 17.0. The van der Waals surface area contributed by atoms with Crippen LogP contribution in [0.4, 0.5) is 79.0 Å². The van der Waals surface area contributed by atoms with Gasteiger partial charge in [0.1, 0.15) is 0 Å². The molecule has 0 aromatic carbocycles. The molecule has 100 heavy (non-hydrogen) atoms. The van der Waals surface area contributed by atoms with E-state index in [4.69, 9.17) is 0 Å². The van der Waals surface area contributed by atoms with Gasteiger partial charge >= 0.3 is 45.0 Å². The zero-order chi connectivity index (χ0) is 76.6. The molecule has 0 aromatic rings. The molecule has 0 fully saturated rings. The lowest BCUT2D eigenvalue weighted by Crippen LogP contribution is -2.55. The number of rotatable bonds is 40. The number of halogens is 18. The summed E-state index contributed by atoms with van der Waals surface area (Å²) in [5.74, 6) is 2.89. The molecule has 2 N–H and O–H groups in total. The van der Waals surface area contributed by atoms with Gasteiger partial charge in [0.25, 0.3) is 0 Å². The van der Waals surface area contributed by atoms with Crippen molar-refractivity contribution in [1.82, 2.24) is 20.4 Å². The lowest BCUT2D eigenvalue weighted by Gasteiger charge is -2.31. The fraction of sp³-hybridized carbons (Fsp3) is 0.931. The van der Waals surface area contributed by atoms with Crippen LogP contribution in [0.25, 0.3) is 0 Å². The van der Waals surface area contributed by atoms with Crippen molar-refractivity contribution in [3.63, 3.8) is 0 Å². The first-order valence-corrected chi connectivity index (χ1v) is 42.8. The van der Waals surface area contributed by atoms with E-state index in [2.05, 4.69) is 43.4 Å². The van der Waals surface area contributed by atoms with Crippen molar-refractivity contribution in [3.05, 3.63) is 7.83 Å². The van der Waals surface area contributed by atoms with Crippen molar-refractivity contribution in [2.24, 2.45) is 0 Å². The van der Waals surface area contributed by atoms with Crippen molar-refractivity contribution in [2.45, 2.75) is 278 Å². The summed E-state index contributed by atoms with van der Waals surface area (Å²) < 4.78 is 340. The van der Waals surface area contributed by atoms with Crippen LogP contribution in [0.15, 0.2) is 0 Å². The maximum Gasteiger partial charge on any atom is 0.470 e. The van der Waals surface area contributed by atoms with Gasteiger partial charge in [0, 0.05) is 25.7 Å². The fourth-order valence-corrected chi connectivity index (χ4v) is 22.6. The van der Waals surface area contributed by atoms with Gasteiger partial charge in [-0.3, -0.25) is 80.1 Å². The van der Waals surface area contributed by atoms with Gasteiger partial charge in [0.2, 0.25) is 0 Å². The van der Waals surface area contributed by atoms with Gasteiger partial charge in [0.15, 0.2) is 59.0 Å². The molecule has 4 aliphatic heterocycles. The number of hydrogen-bond acceptors (Lipinski definition) is 16. The highest BCUT2D eigenvalue weighted by atomic mass is 32.3. The second-order valence-corrected chi connectivity index (χ2v) is 37.5. The first kappa shape index (κ1) is 95.0. The molecule has 0 atom stereocenters. The van der Waals surface area contributed by atoms with Crippen LogP contribution in [0.5, 0.6) is 0 Å². The van der Waals surface area contributed by atoms with Gasteiger partial charge < -0.3 is 0 Å². The van der Waals surface area contributed by atoms with E-state index < -0.39 is 99.9 Å². The Morgan fingerprint density at radius 1 is 0.290 bits per heavy atom. The first-order valence-electron chi connectivity index (χ1n) is 33.9. The molecule has 0 spiro atoms. The Morgan fingerprint density at radius 2 is 0.460 bits per heavy atom. The van der Waals surface area contributed by atoms with Crippen molar-refractivity contribution in [1.29, 1.82) is 0 Å². The second-order valence-electron chi connectivity index (χ2n) is 24.7. The molecule has 0 bridgehead atoms. The Labute approximate surface area is 578 Å². The van der Waals surface area contributed by atoms with Crippen LogP contribution in [-0.4, -0.2) is 180 Å². The molecule has 0 aliphatic carbocycles. The molecule has 596 valence electrons. The van der Waals surface area contributed by atoms with Gasteiger partial charge in [-0.2, -0.15) is 79.0 Å². The lowest BCUT2D eigenvalue weighted by atomic mass is 10.0. The third-order valence-corrected chi connectivity index (χ3v) is 30.6.